The second-order valence-corrected chi connectivity index (χ2v) is 9.10. The Morgan fingerprint density at radius 3 is 2.47 bits per heavy atom. The van der Waals surface area contributed by atoms with Gasteiger partial charge in [0.05, 0.1) is 19.2 Å². The van der Waals surface area contributed by atoms with Crippen molar-refractivity contribution >= 4 is 41.0 Å². The Labute approximate surface area is 191 Å². The number of hydrogen-bond donors (Lipinski definition) is 2. The van der Waals surface area contributed by atoms with Crippen molar-refractivity contribution in [2.75, 3.05) is 39.8 Å². The highest BCUT2D eigenvalue weighted by molar-refractivity contribution is 7.80. The normalized spacial score (nSPS) is 22.4. The van der Waals surface area contributed by atoms with Crippen LogP contribution in [0.5, 0.6) is 0 Å². The van der Waals surface area contributed by atoms with Crippen LogP contribution in [0.15, 0.2) is 22.8 Å². The third-order valence-corrected chi connectivity index (χ3v) is 7.11. The average Bonchev–Trinajstić information content (AvgIpc) is 3.51. The van der Waals surface area contributed by atoms with Crippen molar-refractivity contribution in [2.24, 2.45) is 5.41 Å². The SMILES string of the molecule is CN1C(=O)C(CC(=O)N2CCC3(CCN(C(=O)CNC(=O)c4ccco4)CC3)C2)NC1=S. The van der Waals surface area contributed by atoms with Crippen LogP contribution in [0.1, 0.15) is 36.2 Å². The van der Waals surface area contributed by atoms with E-state index in [2.05, 4.69) is 10.6 Å². The van der Waals surface area contributed by atoms with Gasteiger partial charge in [0.25, 0.3) is 11.8 Å². The van der Waals surface area contributed by atoms with Gasteiger partial charge in [-0.25, -0.2) is 0 Å². The lowest BCUT2D eigenvalue weighted by Gasteiger charge is -2.39. The standard InChI is InChI=1S/C21H27N5O5S/c1-24-19(30)14(23-20(24)32)11-16(27)26-9-6-21(13-26)4-7-25(8-5-21)17(28)12-22-18(29)15-3-2-10-31-15/h2-3,10,14H,4-9,11-13H2,1H3,(H,22,29)(H,23,32). The molecule has 0 aliphatic carbocycles. The molecule has 1 spiro atoms. The first-order valence-corrected chi connectivity index (χ1v) is 11.1. The smallest absolute Gasteiger partial charge is 0.287 e. The van der Waals surface area contributed by atoms with Crippen LogP contribution in [0.2, 0.25) is 0 Å². The van der Waals surface area contributed by atoms with Gasteiger partial charge in [0, 0.05) is 33.2 Å². The first kappa shape index (κ1) is 22.3. The third-order valence-electron chi connectivity index (χ3n) is 6.72. The van der Waals surface area contributed by atoms with Crippen molar-refractivity contribution in [1.82, 2.24) is 25.3 Å². The second kappa shape index (κ2) is 8.89. The Morgan fingerprint density at radius 1 is 1.19 bits per heavy atom. The van der Waals surface area contributed by atoms with Gasteiger partial charge in [0.1, 0.15) is 6.04 Å². The summed E-state index contributed by atoms with van der Waals surface area (Å²) >= 11 is 5.08. The number of amides is 4. The minimum Gasteiger partial charge on any atom is -0.459 e. The van der Waals surface area contributed by atoms with Gasteiger partial charge in [0.15, 0.2) is 10.9 Å². The summed E-state index contributed by atoms with van der Waals surface area (Å²) in [7, 11) is 1.60. The number of rotatable bonds is 5. The molecule has 1 unspecified atom stereocenters. The molecule has 10 nitrogen and oxygen atoms in total. The minimum absolute atomic E-state index is 0.00304. The van der Waals surface area contributed by atoms with Crippen LogP contribution in [0.3, 0.4) is 0 Å². The van der Waals surface area contributed by atoms with E-state index in [0.29, 0.717) is 31.3 Å². The summed E-state index contributed by atoms with van der Waals surface area (Å²) in [5.74, 6) is -0.595. The molecule has 2 N–H and O–H groups in total. The lowest BCUT2D eigenvalue weighted by Crippen LogP contribution is -2.48. The summed E-state index contributed by atoms with van der Waals surface area (Å²) in [5.41, 5.74) is 0.00304. The molecule has 4 amide bonds. The second-order valence-electron chi connectivity index (χ2n) is 8.71. The largest absolute Gasteiger partial charge is 0.459 e. The summed E-state index contributed by atoms with van der Waals surface area (Å²) in [6.45, 7) is 2.42. The molecule has 0 radical (unpaired) electrons. The van der Waals surface area contributed by atoms with Crippen LogP contribution in [0, 0.1) is 5.41 Å². The van der Waals surface area contributed by atoms with Gasteiger partial charge in [-0.05, 0) is 49.0 Å². The van der Waals surface area contributed by atoms with Crippen LogP contribution in [0.4, 0.5) is 0 Å². The monoisotopic (exact) mass is 461 g/mol. The Balaban J connectivity index is 1.23. The van der Waals surface area contributed by atoms with Crippen LogP contribution in [-0.4, -0.2) is 89.3 Å². The molecule has 32 heavy (non-hydrogen) atoms. The molecular weight excluding hydrogens is 434 g/mol. The number of hydrogen-bond acceptors (Lipinski definition) is 6. The summed E-state index contributed by atoms with van der Waals surface area (Å²) in [4.78, 5) is 54.3. The molecule has 1 aromatic rings. The lowest BCUT2D eigenvalue weighted by atomic mass is 9.78. The first-order chi connectivity index (χ1) is 15.3. The fourth-order valence-corrected chi connectivity index (χ4v) is 4.86. The van der Waals surface area contributed by atoms with Gasteiger partial charge in [-0.3, -0.25) is 24.1 Å². The topological polar surface area (TPSA) is 115 Å². The predicted octanol–water partition coefficient (Wildman–Crippen LogP) is -0.0443. The van der Waals surface area contributed by atoms with Crippen molar-refractivity contribution in [2.45, 2.75) is 31.7 Å². The van der Waals surface area contributed by atoms with E-state index in [4.69, 9.17) is 16.6 Å². The fraction of sp³-hybridized carbons (Fsp3) is 0.571. The van der Waals surface area contributed by atoms with Crippen molar-refractivity contribution in [3.63, 3.8) is 0 Å². The van der Waals surface area contributed by atoms with E-state index in [1.807, 2.05) is 4.90 Å². The van der Waals surface area contributed by atoms with Gasteiger partial charge in [0.2, 0.25) is 11.8 Å². The highest BCUT2D eigenvalue weighted by Crippen LogP contribution is 2.40. The number of nitrogens with zero attached hydrogens (tertiary/aromatic N) is 3. The predicted molar refractivity (Wildman–Crippen MR) is 117 cm³/mol. The van der Waals surface area contributed by atoms with Gasteiger partial charge in [-0.15, -0.1) is 0 Å². The number of likely N-dealkylation sites (N-methyl/N-ethyl adjacent to an activating group) is 1. The molecule has 1 atom stereocenters. The molecule has 1 aromatic heterocycles. The van der Waals surface area contributed by atoms with E-state index < -0.39 is 11.9 Å². The Bertz CT molecular complexity index is 925. The van der Waals surface area contributed by atoms with Gasteiger partial charge in [-0.2, -0.15) is 0 Å². The molecule has 3 aliphatic heterocycles. The maximum atomic E-state index is 12.8. The molecule has 172 valence electrons. The fourth-order valence-electron chi connectivity index (χ4n) is 4.63. The molecule has 0 aromatic carbocycles. The van der Waals surface area contributed by atoms with E-state index in [1.54, 1.807) is 24.1 Å². The van der Waals surface area contributed by atoms with E-state index in [0.717, 1.165) is 19.3 Å². The zero-order chi connectivity index (χ0) is 22.9. The molecule has 4 heterocycles. The Morgan fingerprint density at radius 2 is 1.88 bits per heavy atom. The van der Waals surface area contributed by atoms with Gasteiger partial charge in [-0.1, -0.05) is 0 Å². The summed E-state index contributed by atoms with van der Waals surface area (Å²) < 4.78 is 5.02. The van der Waals surface area contributed by atoms with Crippen LogP contribution >= 0.6 is 12.2 Å². The first-order valence-electron chi connectivity index (χ1n) is 10.7. The number of furan rings is 1. The zero-order valence-corrected chi connectivity index (χ0v) is 18.8. The maximum Gasteiger partial charge on any atom is 0.287 e. The molecule has 4 rings (SSSR count). The maximum absolute atomic E-state index is 12.8. The number of piperidine rings is 1. The van der Waals surface area contributed by atoms with E-state index in [9.17, 15) is 19.2 Å². The molecule has 11 heteroatoms. The van der Waals surface area contributed by atoms with Crippen molar-refractivity contribution in [3.05, 3.63) is 24.2 Å². The number of carbonyl (C=O) groups is 4. The lowest BCUT2D eigenvalue weighted by molar-refractivity contribution is -0.135. The van der Waals surface area contributed by atoms with E-state index in [1.165, 1.54) is 11.2 Å². The Kier molecular flexibility index (Phi) is 6.18. The molecule has 0 bridgehead atoms. The number of carbonyl (C=O) groups excluding carboxylic acids is 4. The van der Waals surface area contributed by atoms with Crippen molar-refractivity contribution in [1.29, 1.82) is 0 Å². The van der Waals surface area contributed by atoms with Gasteiger partial charge < -0.3 is 24.9 Å². The van der Waals surface area contributed by atoms with Crippen molar-refractivity contribution in [3.8, 4) is 0 Å². The molecule has 3 fully saturated rings. The molecule has 3 saturated heterocycles. The highest BCUT2D eigenvalue weighted by atomic mass is 32.1. The Hall–Kier alpha value is -2.95. The van der Waals surface area contributed by atoms with Crippen LogP contribution in [-0.2, 0) is 14.4 Å². The van der Waals surface area contributed by atoms with E-state index >= 15 is 0 Å². The zero-order valence-electron chi connectivity index (χ0n) is 18.0. The van der Waals surface area contributed by atoms with Crippen LogP contribution < -0.4 is 10.6 Å². The third kappa shape index (κ3) is 4.47. The highest BCUT2D eigenvalue weighted by Gasteiger charge is 2.44. The summed E-state index contributed by atoms with van der Waals surface area (Å²) in [6, 6.07) is 2.57. The van der Waals surface area contributed by atoms with Gasteiger partial charge >= 0.3 is 0 Å². The summed E-state index contributed by atoms with van der Waals surface area (Å²) in [5, 5.41) is 5.84. The average molecular weight is 462 g/mol. The number of nitrogens with one attached hydrogen (secondary N) is 2. The molecule has 3 aliphatic rings. The van der Waals surface area contributed by atoms with Crippen LogP contribution in [0.25, 0.3) is 0 Å². The minimum atomic E-state index is -0.590. The number of likely N-dealkylation sites (tertiary alicyclic amines) is 2. The van der Waals surface area contributed by atoms with E-state index in [-0.39, 0.29) is 41.9 Å². The number of thiocarbonyl (C=S) groups is 1. The molecule has 0 saturated carbocycles. The molecular formula is C21H27N5O5S. The quantitative estimate of drug-likeness (QED) is 0.591. The summed E-state index contributed by atoms with van der Waals surface area (Å²) in [6.07, 6.45) is 4.01. The van der Waals surface area contributed by atoms with Crippen molar-refractivity contribution < 1.29 is 23.6 Å².